The van der Waals surface area contributed by atoms with Gasteiger partial charge in [0.2, 0.25) is 0 Å². The molecule has 0 heterocycles. The Hall–Kier alpha value is -2.27. The molecule has 0 aliphatic heterocycles. The first-order chi connectivity index (χ1) is 13.6. The van der Waals surface area contributed by atoms with Crippen molar-refractivity contribution in [2.24, 2.45) is 17.8 Å². The molecule has 4 aliphatic rings. The van der Waals surface area contributed by atoms with Crippen LogP contribution in [-0.4, -0.2) is 41.6 Å². The van der Waals surface area contributed by atoms with Gasteiger partial charge in [-0.15, -0.1) is 0 Å². The van der Waals surface area contributed by atoms with Gasteiger partial charge in [-0.3, -0.25) is 0 Å². The second-order valence-corrected chi connectivity index (χ2v) is 8.19. The highest BCUT2D eigenvalue weighted by Crippen LogP contribution is 2.63. The molecule has 168 valence electrons. The Labute approximate surface area is 166 Å². The zero-order chi connectivity index (χ0) is 22.7. The van der Waals surface area contributed by atoms with Gasteiger partial charge in [-0.05, 0) is 44.9 Å². The molecular weight excluding hydrogens is 426 g/mol. The van der Waals surface area contributed by atoms with Gasteiger partial charge in [0.05, 0.1) is 0 Å². The summed E-state index contributed by atoms with van der Waals surface area (Å²) in [6.45, 7) is 4.84. The van der Waals surface area contributed by atoms with E-state index in [4.69, 9.17) is 4.74 Å². The number of carbonyl (C=O) groups is 3. The van der Waals surface area contributed by atoms with Gasteiger partial charge in [-0.1, -0.05) is 6.58 Å². The SMILES string of the molecule is C=C(C)C(=O)OC12CC3CC(C1)C(OC(=O)C(F)(F)F)(OC(=O)C(F)(F)F)C(C3)C2. The molecule has 0 N–H and O–H groups in total. The highest BCUT2D eigenvalue weighted by Gasteiger charge is 2.70. The molecule has 12 heteroatoms. The minimum atomic E-state index is -5.50. The summed E-state index contributed by atoms with van der Waals surface area (Å²) < 4.78 is 91.4. The van der Waals surface area contributed by atoms with Crippen molar-refractivity contribution in [2.75, 3.05) is 0 Å². The summed E-state index contributed by atoms with van der Waals surface area (Å²) in [5, 5.41) is 0. The van der Waals surface area contributed by atoms with Gasteiger partial charge in [0.1, 0.15) is 5.60 Å². The van der Waals surface area contributed by atoms with E-state index >= 15 is 0 Å². The lowest BCUT2D eigenvalue weighted by atomic mass is 9.51. The van der Waals surface area contributed by atoms with Crippen LogP contribution >= 0.6 is 0 Å². The second kappa shape index (κ2) is 6.88. The molecule has 0 aromatic rings. The van der Waals surface area contributed by atoms with E-state index in [0.717, 1.165) is 0 Å². The fraction of sp³-hybridized carbons (Fsp3) is 0.722. The van der Waals surface area contributed by atoms with Crippen LogP contribution in [0.2, 0.25) is 0 Å². The molecular formula is C18H18F6O6. The first-order valence-electron chi connectivity index (χ1n) is 9.07. The van der Waals surface area contributed by atoms with E-state index in [2.05, 4.69) is 16.1 Å². The van der Waals surface area contributed by atoms with Crippen LogP contribution in [0.5, 0.6) is 0 Å². The molecule has 0 radical (unpaired) electrons. The third kappa shape index (κ3) is 3.87. The summed E-state index contributed by atoms with van der Waals surface area (Å²) in [5.41, 5.74) is -1.09. The summed E-state index contributed by atoms with van der Waals surface area (Å²) in [6.07, 6.45) is -11.0. The van der Waals surface area contributed by atoms with Crippen molar-refractivity contribution in [1.29, 1.82) is 0 Å². The van der Waals surface area contributed by atoms with Gasteiger partial charge >= 0.3 is 30.3 Å². The third-order valence-corrected chi connectivity index (χ3v) is 5.90. The molecule has 4 bridgehead atoms. The third-order valence-electron chi connectivity index (χ3n) is 5.90. The number of rotatable bonds is 4. The average molecular weight is 444 g/mol. The van der Waals surface area contributed by atoms with E-state index in [0.29, 0.717) is 6.42 Å². The van der Waals surface area contributed by atoms with Crippen LogP contribution in [0.25, 0.3) is 0 Å². The predicted octanol–water partition coefficient (Wildman–Crippen LogP) is 3.59. The van der Waals surface area contributed by atoms with Crippen LogP contribution in [-0.2, 0) is 28.6 Å². The van der Waals surface area contributed by atoms with E-state index in [-0.39, 0.29) is 37.2 Å². The van der Waals surface area contributed by atoms with Crippen molar-refractivity contribution < 1.29 is 54.9 Å². The van der Waals surface area contributed by atoms with Crippen LogP contribution in [0.3, 0.4) is 0 Å². The monoisotopic (exact) mass is 444 g/mol. The van der Waals surface area contributed by atoms with Crippen LogP contribution in [0.4, 0.5) is 26.3 Å². The highest BCUT2D eigenvalue weighted by atomic mass is 19.4. The summed E-state index contributed by atoms with van der Waals surface area (Å²) in [6, 6.07) is 0. The van der Waals surface area contributed by atoms with Gasteiger partial charge in [-0.2, -0.15) is 26.3 Å². The fourth-order valence-corrected chi connectivity index (χ4v) is 5.02. The maximum absolute atomic E-state index is 12.8. The number of hydrogen-bond donors (Lipinski definition) is 0. The number of carbonyl (C=O) groups excluding carboxylic acids is 3. The van der Waals surface area contributed by atoms with Crippen molar-refractivity contribution in [3.8, 4) is 0 Å². The lowest BCUT2D eigenvalue weighted by Gasteiger charge is -2.62. The molecule has 4 aliphatic carbocycles. The molecule has 4 rings (SSSR count). The van der Waals surface area contributed by atoms with Crippen molar-refractivity contribution in [2.45, 2.75) is 62.8 Å². The Morgan fingerprint density at radius 2 is 1.27 bits per heavy atom. The molecule has 0 aromatic carbocycles. The molecule has 0 spiro atoms. The maximum Gasteiger partial charge on any atom is 0.491 e. The Morgan fingerprint density at radius 1 is 0.833 bits per heavy atom. The summed E-state index contributed by atoms with van der Waals surface area (Å²) in [7, 11) is 0. The predicted molar refractivity (Wildman–Crippen MR) is 84.2 cm³/mol. The Bertz CT molecular complexity index is 739. The quantitative estimate of drug-likeness (QED) is 0.286. The van der Waals surface area contributed by atoms with Crippen molar-refractivity contribution >= 4 is 17.9 Å². The Kier molecular flexibility index (Phi) is 5.14. The van der Waals surface area contributed by atoms with Gasteiger partial charge in [0, 0.05) is 17.4 Å². The van der Waals surface area contributed by atoms with Gasteiger partial charge in [0.25, 0.3) is 5.79 Å². The van der Waals surface area contributed by atoms with Crippen molar-refractivity contribution in [3.05, 3.63) is 12.2 Å². The Morgan fingerprint density at radius 3 is 1.63 bits per heavy atom. The Balaban J connectivity index is 1.96. The van der Waals surface area contributed by atoms with Gasteiger partial charge in [-0.25, -0.2) is 14.4 Å². The number of alkyl halides is 6. The smallest absolute Gasteiger partial charge is 0.456 e. The van der Waals surface area contributed by atoms with Crippen LogP contribution < -0.4 is 0 Å². The van der Waals surface area contributed by atoms with E-state index < -0.39 is 53.5 Å². The molecule has 0 saturated heterocycles. The second-order valence-electron chi connectivity index (χ2n) is 8.19. The van der Waals surface area contributed by atoms with E-state index in [1.54, 1.807) is 0 Å². The zero-order valence-electron chi connectivity index (χ0n) is 15.7. The summed E-state index contributed by atoms with van der Waals surface area (Å²) >= 11 is 0. The molecule has 2 atom stereocenters. The lowest BCUT2D eigenvalue weighted by Crippen LogP contribution is -2.68. The van der Waals surface area contributed by atoms with E-state index in [1.807, 2.05) is 0 Å². The summed E-state index contributed by atoms with van der Waals surface area (Å²) in [5.74, 6) is -11.6. The van der Waals surface area contributed by atoms with Crippen molar-refractivity contribution in [3.63, 3.8) is 0 Å². The summed E-state index contributed by atoms with van der Waals surface area (Å²) in [4.78, 5) is 35.1. The molecule has 4 fully saturated rings. The van der Waals surface area contributed by atoms with Crippen LogP contribution in [0, 0.1) is 17.8 Å². The number of hydrogen-bond acceptors (Lipinski definition) is 6. The fourth-order valence-electron chi connectivity index (χ4n) is 5.02. The molecule has 0 amide bonds. The highest BCUT2D eigenvalue weighted by molar-refractivity contribution is 5.87. The number of halogens is 6. The molecule has 6 nitrogen and oxygen atoms in total. The number of esters is 3. The van der Waals surface area contributed by atoms with E-state index in [9.17, 15) is 40.7 Å². The molecule has 30 heavy (non-hydrogen) atoms. The van der Waals surface area contributed by atoms with Crippen LogP contribution in [0.1, 0.15) is 39.0 Å². The first-order valence-corrected chi connectivity index (χ1v) is 9.07. The minimum absolute atomic E-state index is 0.0547. The van der Waals surface area contributed by atoms with Gasteiger partial charge < -0.3 is 14.2 Å². The largest absolute Gasteiger partial charge is 0.491 e. The molecule has 4 saturated carbocycles. The maximum atomic E-state index is 12.8. The minimum Gasteiger partial charge on any atom is -0.456 e. The standard InChI is InChI=1S/C18H18F6O6/c1-8(2)12(25)28-15-5-9-3-10(6-15)16(11(4-9)7-15,29-13(26)17(19,20)21)30-14(27)18(22,23)24/h9-11H,1,3-7H2,2H3. The lowest BCUT2D eigenvalue weighted by molar-refractivity contribution is -0.346. The van der Waals surface area contributed by atoms with Crippen LogP contribution in [0.15, 0.2) is 12.2 Å². The average Bonchev–Trinajstić information content (AvgIpc) is 2.56. The molecule has 0 aromatic heterocycles. The number of ether oxygens (including phenoxy) is 3. The first kappa shape index (κ1) is 22.4. The normalized spacial score (nSPS) is 31.8. The zero-order valence-corrected chi connectivity index (χ0v) is 15.7. The van der Waals surface area contributed by atoms with Crippen molar-refractivity contribution in [1.82, 2.24) is 0 Å². The topological polar surface area (TPSA) is 78.9 Å². The van der Waals surface area contributed by atoms with Gasteiger partial charge in [0.15, 0.2) is 0 Å². The molecule has 2 unspecified atom stereocenters. The van der Waals surface area contributed by atoms with E-state index in [1.165, 1.54) is 6.92 Å².